The highest BCUT2D eigenvalue weighted by atomic mass is 16.3. The molecule has 10 heteroatoms. The highest BCUT2D eigenvalue weighted by molar-refractivity contribution is 6.03. The van der Waals surface area contributed by atoms with Gasteiger partial charge in [0.1, 0.15) is 5.75 Å². The van der Waals surface area contributed by atoms with Crippen molar-refractivity contribution >= 4 is 22.9 Å². The lowest BCUT2D eigenvalue weighted by Crippen LogP contribution is -2.80. The molecule has 14 atom stereocenters. The first-order chi connectivity index (χ1) is 37.5. The predicted molar refractivity (Wildman–Crippen MR) is 299 cm³/mol. The number of H-pyrrole nitrogens is 1. The van der Waals surface area contributed by atoms with Crippen LogP contribution >= 0.6 is 0 Å². The van der Waals surface area contributed by atoms with E-state index in [1.54, 1.807) is 18.2 Å². The van der Waals surface area contributed by atoms with Gasteiger partial charge in [-0.1, -0.05) is 116 Å². The number of aliphatic hydroxyl groups excluding tert-OH is 1. The van der Waals surface area contributed by atoms with Crippen LogP contribution in [0.2, 0.25) is 0 Å². The smallest absolute Gasteiger partial charge is 0.169 e. The van der Waals surface area contributed by atoms with Gasteiger partial charge >= 0.3 is 0 Å². The number of benzene rings is 5. The Morgan fingerprint density at radius 2 is 1.60 bits per heavy atom. The number of phenols is 5. The summed E-state index contributed by atoms with van der Waals surface area (Å²) in [5.41, 5.74) is 7.90. The molecule has 4 saturated carbocycles. The van der Waals surface area contributed by atoms with Gasteiger partial charge in [-0.3, -0.25) is 0 Å². The van der Waals surface area contributed by atoms with Gasteiger partial charge in [0.15, 0.2) is 23.0 Å². The van der Waals surface area contributed by atoms with Crippen molar-refractivity contribution < 1.29 is 30.6 Å². The molecule has 2 saturated heterocycles. The molecule has 2 bridgehead atoms. The summed E-state index contributed by atoms with van der Waals surface area (Å²) in [5, 5.41) is 77.1. The number of aromatic amines is 1. The molecule has 6 aromatic rings. The zero-order valence-electron chi connectivity index (χ0n) is 43.8. The molecular formula is C67H72N4O6. The summed E-state index contributed by atoms with van der Waals surface area (Å²) in [6.45, 7) is 0.990. The SMILES string of the molecule is Oc1ccc(/C=C/c2c(CCc3ccc([C@@H]4C[C@@]5(CCN[C@H](Cc6ccccc6)C5)[C@@H]5C[C@H]6CC[C@@]78C=C[C@@H](C7)c7[nH]cnc7[C@]7([C@@H]5N4)[C@H]4[C@H](O)C=C[C@@H]5CCC[C@@]54CC[C@]687)cc3)c(O)c(O)c3c(O)cccc23)cc1O. The number of aliphatic hydroxyl groups is 1. The van der Waals surface area contributed by atoms with Crippen molar-refractivity contribution in [3.05, 3.63) is 166 Å². The van der Waals surface area contributed by atoms with Gasteiger partial charge in [-0.25, -0.2) is 4.98 Å². The third kappa shape index (κ3) is 6.61. The van der Waals surface area contributed by atoms with Gasteiger partial charge in [0.25, 0.3) is 0 Å². The van der Waals surface area contributed by atoms with E-state index < -0.39 is 11.5 Å². The second kappa shape index (κ2) is 17.3. The molecule has 5 aromatic carbocycles. The first-order valence-electron chi connectivity index (χ1n) is 29.1. The summed E-state index contributed by atoms with van der Waals surface area (Å²) >= 11 is 0. The zero-order chi connectivity index (χ0) is 52.1. The number of aromatic nitrogens is 2. The molecule has 9 N–H and O–H groups in total. The van der Waals surface area contributed by atoms with Gasteiger partial charge in [-0.15, -0.1) is 0 Å². The minimum atomic E-state index is -0.549. The minimum absolute atomic E-state index is 0.0212. The number of hydrogen-bond acceptors (Lipinski definition) is 9. The number of rotatable bonds is 8. The molecule has 15 rings (SSSR count). The van der Waals surface area contributed by atoms with Gasteiger partial charge in [-0.05, 0) is 187 Å². The Bertz CT molecular complexity index is 3420. The molecule has 7 aliphatic carbocycles. The average Bonchev–Trinajstić information content (AvgIpc) is 2.88. The van der Waals surface area contributed by atoms with Crippen LogP contribution in [-0.4, -0.2) is 65.3 Å². The summed E-state index contributed by atoms with van der Waals surface area (Å²) in [6, 6.07) is 30.5. The van der Waals surface area contributed by atoms with Crippen LogP contribution in [0.5, 0.6) is 28.7 Å². The predicted octanol–water partition coefficient (Wildman–Crippen LogP) is 12.0. The van der Waals surface area contributed by atoms with E-state index in [1.807, 2.05) is 18.5 Å². The van der Waals surface area contributed by atoms with Crippen LogP contribution in [0.3, 0.4) is 0 Å². The van der Waals surface area contributed by atoms with Gasteiger partial charge in [-0.2, -0.15) is 0 Å². The standard InChI is InChI=1S/C67H72N4O6/c72-52-21-15-41(33-55(52)75)14-19-47-48-9-4-10-53(73)56(48)59(77)58(76)49(47)20-13-39-11-16-42(17-12-39)51-37-63(30-31-68-46(36-63)32-40-6-2-1-3-7-40)50-34-45-24-27-64-26-23-43(35-64)57-62(70-38-69-57)67(61(50)71-51)60-54(74)22-18-44-8-5-25-65(44,60)28-29-66(45,64)67/h1-4,6-7,9-12,14-19,21-23,26,33,38,43-46,50-51,54,60-61,68,71-77H,5,8,13,20,24-25,27-32,34-37H2,(H,69,70)/b19-14+/t43-,44-,45+,46+,50+,51-,54+,60-,61+,63-,64-,65+,66-,67+/m0/s1. The Balaban J connectivity index is 0.841. The molecule has 4 spiro atoms. The van der Waals surface area contributed by atoms with Crippen molar-refractivity contribution in [2.45, 2.75) is 132 Å². The number of fused-ring (bicyclic) bond motifs is 6. The maximum absolute atomic E-state index is 13.2. The third-order valence-corrected chi connectivity index (χ3v) is 22.9. The van der Waals surface area contributed by atoms with Crippen LogP contribution in [0.15, 0.2) is 122 Å². The number of aryl methyl sites for hydroxylation is 1. The number of hydrogen-bond donors (Lipinski definition) is 9. The summed E-state index contributed by atoms with van der Waals surface area (Å²) < 4.78 is 0. The first kappa shape index (κ1) is 47.8. The van der Waals surface area contributed by atoms with E-state index in [9.17, 15) is 30.6 Å². The topological polar surface area (TPSA) is 174 Å². The Morgan fingerprint density at radius 1 is 0.727 bits per heavy atom. The average molecular weight is 1030 g/mol. The number of nitrogens with zero attached hydrogens (tertiary/aromatic N) is 1. The van der Waals surface area contributed by atoms with E-state index in [2.05, 4.69) is 89.2 Å². The summed E-state index contributed by atoms with van der Waals surface area (Å²) in [5.74, 6) is 0.568. The molecule has 1 aromatic heterocycles. The van der Waals surface area contributed by atoms with Crippen LogP contribution in [0.1, 0.15) is 134 Å². The molecule has 0 radical (unpaired) electrons. The molecule has 0 unspecified atom stereocenters. The second-order valence-corrected chi connectivity index (χ2v) is 25.7. The van der Waals surface area contributed by atoms with E-state index in [0.29, 0.717) is 64.6 Å². The number of imidazole rings is 1. The van der Waals surface area contributed by atoms with E-state index in [4.69, 9.17) is 10.3 Å². The number of aromatic hydroxyl groups is 5. The van der Waals surface area contributed by atoms with Crippen LogP contribution in [-0.2, 0) is 24.7 Å². The highest BCUT2D eigenvalue weighted by Crippen LogP contribution is 2.85. The zero-order valence-corrected chi connectivity index (χ0v) is 43.8. The fourth-order valence-electron chi connectivity index (χ4n) is 20.3. The summed E-state index contributed by atoms with van der Waals surface area (Å²) in [4.78, 5) is 9.55. The second-order valence-electron chi connectivity index (χ2n) is 25.7. The quantitative estimate of drug-likeness (QED) is 0.0408. The van der Waals surface area contributed by atoms with Crippen molar-refractivity contribution in [3.8, 4) is 28.7 Å². The normalized spacial score (nSPS) is 37.0. The molecule has 396 valence electrons. The summed E-state index contributed by atoms with van der Waals surface area (Å²) in [7, 11) is 0. The largest absolute Gasteiger partial charge is 0.507 e. The van der Waals surface area contributed by atoms with Crippen LogP contribution in [0, 0.1) is 45.3 Å². The lowest BCUT2D eigenvalue weighted by Gasteiger charge is -2.76. The molecule has 77 heavy (non-hydrogen) atoms. The van der Waals surface area contributed by atoms with E-state index in [1.165, 1.54) is 92.1 Å². The summed E-state index contributed by atoms with van der Waals surface area (Å²) in [6.07, 6.45) is 31.2. The van der Waals surface area contributed by atoms with Crippen LogP contribution < -0.4 is 10.6 Å². The van der Waals surface area contributed by atoms with E-state index >= 15 is 0 Å². The van der Waals surface area contributed by atoms with Crippen molar-refractivity contribution in [2.24, 2.45) is 45.3 Å². The van der Waals surface area contributed by atoms with E-state index in [-0.39, 0.29) is 73.8 Å². The number of piperidine rings is 2. The first-order valence-corrected chi connectivity index (χ1v) is 29.1. The highest BCUT2D eigenvalue weighted by Gasteiger charge is 2.84. The molecule has 6 fully saturated rings. The van der Waals surface area contributed by atoms with Crippen molar-refractivity contribution in [1.29, 1.82) is 0 Å². The molecule has 9 aliphatic rings. The lowest BCUT2D eigenvalue weighted by atomic mass is 9.29. The van der Waals surface area contributed by atoms with Crippen molar-refractivity contribution in [2.75, 3.05) is 6.54 Å². The third-order valence-electron chi connectivity index (χ3n) is 22.9. The van der Waals surface area contributed by atoms with Crippen molar-refractivity contribution in [1.82, 2.24) is 20.6 Å². The monoisotopic (exact) mass is 1030 g/mol. The molecule has 10 nitrogen and oxygen atoms in total. The fraction of sp³-hybridized carbons (Fsp3) is 0.448. The molecule has 3 heterocycles. The van der Waals surface area contributed by atoms with Gasteiger partial charge in [0.2, 0.25) is 0 Å². The van der Waals surface area contributed by atoms with Gasteiger partial charge in [0, 0.05) is 46.6 Å². The molecule has 2 aliphatic heterocycles. The van der Waals surface area contributed by atoms with E-state index in [0.717, 1.165) is 44.2 Å². The fourth-order valence-corrected chi connectivity index (χ4v) is 20.3. The molecular weight excluding hydrogens is 957 g/mol. The van der Waals surface area contributed by atoms with Crippen LogP contribution in [0.4, 0.5) is 0 Å². The Kier molecular flexibility index (Phi) is 10.8. The Labute approximate surface area is 451 Å². The Hall–Kier alpha value is -6.33. The minimum Gasteiger partial charge on any atom is -0.507 e. The number of phenolic OH excluding ortho intramolecular Hbond substituents is 5. The number of allylic oxidation sites excluding steroid dienone is 3. The van der Waals surface area contributed by atoms with Gasteiger partial charge < -0.3 is 46.3 Å². The maximum atomic E-state index is 13.2. The van der Waals surface area contributed by atoms with Crippen LogP contribution in [0.25, 0.3) is 22.9 Å². The maximum Gasteiger partial charge on any atom is 0.169 e. The van der Waals surface area contributed by atoms with Gasteiger partial charge in [0.05, 0.1) is 23.5 Å². The molecule has 0 amide bonds. The lowest BCUT2D eigenvalue weighted by molar-refractivity contribution is -0.239. The van der Waals surface area contributed by atoms with Crippen molar-refractivity contribution in [3.63, 3.8) is 0 Å². The number of nitrogens with one attached hydrogen (secondary N) is 3. The Morgan fingerprint density at radius 3 is 2.45 bits per heavy atom.